The first-order chi connectivity index (χ1) is 27.3. The number of benzene rings is 3. The molecular weight excluding hydrogens is 747 g/mol. The first kappa shape index (κ1) is 46.8. The number of carbonyl (C=O) groups is 2. The van der Waals surface area contributed by atoms with Crippen LogP contribution in [0.2, 0.25) is 18.1 Å². The number of ether oxygens (including phenoxy) is 1. The number of phenols is 1. The van der Waals surface area contributed by atoms with Crippen molar-refractivity contribution in [2.45, 2.75) is 136 Å². The van der Waals surface area contributed by atoms with Gasteiger partial charge in [-0.05, 0) is 85.1 Å². The van der Waals surface area contributed by atoms with Crippen molar-refractivity contribution in [2.75, 3.05) is 38.0 Å². The molecule has 1 aliphatic rings. The number of aliphatic hydroxyl groups is 1. The van der Waals surface area contributed by atoms with Crippen LogP contribution in [0.1, 0.15) is 110 Å². The van der Waals surface area contributed by atoms with E-state index in [1.54, 1.807) is 18.2 Å². The molecule has 0 bridgehead atoms. The number of likely N-dealkylation sites (tertiary alicyclic amines) is 1. The molecule has 0 saturated carbocycles. The van der Waals surface area contributed by atoms with Crippen LogP contribution < -0.4 is 5.32 Å². The molecular formula is C47H71N3O7Si. The molecule has 0 spiro atoms. The number of carboxylic acid groups (broad SMARTS) is 1. The predicted octanol–water partition coefficient (Wildman–Crippen LogP) is 11.2. The Hall–Kier alpha value is -3.90. The van der Waals surface area contributed by atoms with Crippen LogP contribution in [0.4, 0.5) is 15.3 Å². The second kappa shape index (κ2) is 20.9. The standard InChI is InChI=1S/C47H71N3O7Si/c1-45(2,3)47(55,38-25-26-42(51)37(33-38)34-56-58(7,8)46(4,5)6)35-50(44(53)54)30-20-13-11-9-10-12-19-29-49-31-27-39(28-32-49)57-43(52)48-41-24-18-17-23-40(41)36-21-15-14-16-22-36/h14-18,21-26,33,39,51,55H,9-13,19-20,27-32,34-35H2,1-8H3,(H,48,52)(H,53,54)/t47-/m0/s1. The molecule has 1 aliphatic heterocycles. The lowest BCUT2D eigenvalue weighted by atomic mass is 9.71. The Labute approximate surface area is 349 Å². The summed E-state index contributed by atoms with van der Waals surface area (Å²) in [6, 6.07) is 22.8. The largest absolute Gasteiger partial charge is 0.508 e. The summed E-state index contributed by atoms with van der Waals surface area (Å²) in [5.74, 6) is 0.101. The van der Waals surface area contributed by atoms with E-state index >= 15 is 0 Å². The van der Waals surface area contributed by atoms with Crippen molar-refractivity contribution in [1.82, 2.24) is 9.80 Å². The van der Waals surface area contributed by atoms with Crippen molar-refractivity contribution in [3.8, 4) is 16.9 Å². The summed E-state index contributed by atoms with van der Waals surface area (Å²) in [5, 5.41) is 36.1. The van der Waals surface area contributed by atoms with Crippen LogP contribution in [-0.2, 0) is 21.4 Å². The molecule has 1 atom stereocenters. The van der Waals surface area contributed by atoms with Gasteiger partial charge in [0.05, 0.1) is 18.8 Å². The van der Waals surface area contributed by atoms with Gasteiger partial charge in [0, 0.05) is 30.8 Å². The third-order valence-corrected chi connectivity index (χ3v) is 16.8. The SMILES string of the molecule is CC(C)(C)[C@](O)(CN(CCCCCCCCCN1CCC(OC(=O)Nc2ccccc2-c2ccccc2)CC1)C(=O)O)c1ccc(O)c(CO[Si](C)(C)C(C)(C)C)c1. The maximum Gasteiger partial charge on any atom is 0.411 e. The summed E-state index contributed by atoms with van der Waals surface area (Å²) < 4.78 is 12.2. The van der Waals surface area contributed by atoms with E-state index in [2.05, 4.69) is 44.1 Å². The summed E-state index contributed by atoms with van der Waals surface area (Å²) in [6.07, 6.45) is 7.31. The zero-order valence-electron chi connectivity index (χ0n) is 36.5. The number of piperidine rings is 1. The van der Waals surface area contributed by atoms with Crippen molar-refractivity contribution < 1.29 is 34.1 Å². The fraction of sp³-hybridized carbons (Fsp3) is 0.574. The average Bonchev–Trinajstić information content (AvgIpc) is 3.16. The highest BCUT2D eigenvalue weighted by Crippen LogP contribution is 2.42. The van der Waals surface area contributed by atoms with Crippen LogP contribution in [0.5, 0.6) is 5.75 Å². The minimum Gasteiger partial charge on any atom is -0.508 e. The highest BCUT2D eigenvalue weighted by Gasteiger charge is 2.44. The number of nitrogens with zero attached hydrogens (tertiary/aromatic N) is 2. The van der Waals surface area contributed by atoms with Gasteiger partial charge in [-0.25, -0.2) is 9.59 Å². The molecule has 1 saturated heterocycles. The molecule has 0 aromatic heterocycles. The van der Waals surface area contributed by atoms with Gasteiger partial charge in [-0.3, -0.25) is 5.32 Å². The lowest BCUT2D eigenvalue weighted by Gasteiger charge is -2.43. The number of unbranched alkanes of at least 4 members (excludes halogenated alkanes) is 6. The fourth-order valence-corrected chi connectivity index (χ4v) is 8.19. The Bertz CT molecular complexity index is 1750. The Morgan fingerprint density at radius 3 is 2.07 bits per heavy atom. The minimum absolute atomic E-state index is 0.00523. The van der Waals surface area contributed by atoms with E-state index in [1.165, 1.54) is 4.90 Å². The number of hydrogen-bond acceptors (Lipinski definition) is 7. The smallest absolute Gasteiger partial charge is 0.411 e. The molecule has 58 heavy (non-hydrogen) atoms. The zero-order chi connectivity index (χ0) is 42.6. The Morgan fingerprint density at radius 1 is 0.845 bits per heavy atom. The van der Waals surface area contributed by atoms with E-state index < -0.39 is 31.5 Å². The third-order valence-electron chi connectivity index (χ3n) is 12.3. The molecule has 10 nitrogen and oxygen atoms in total. The number of carbonyl (C=O) groups excluding carboxylic acids is 1. The molecule has 320 valence electrons. The summed E-state index contributed by atoms with van der Waals surface area (Å²) in [5.41, 5.74) is 1.73. The number of nitrogens with one attached hydrogen (secondary N) is 1. The van der Waals surface area contributed by atoms with E-state index in [0.717, 1.165) is 94.2 Å². The van der Waals surface area contributed by atoms with Crippen molar-refractivity contribution in [3.63, 3.8) is 0 Å². The predicted molar refractivity (Wildman–Crippen MR) is 237 cm³/mol. The quantitative estimate of drug-likeness (QED) is 0.0694. The van der Waals surface area contributed by atoms with Crippen LogP contribution in [0.3, 0.4) is 0 Å². The van der Waals surface area contributed by atoms with Gasteiger partial charge in [0.2, 0.25) is 0 Å². The van der Waals surface area contributed by atoms with E-state index in [-0.39, 0.29) is 30.0 Å². The molecule has 4 N–H and O–H groups in total. The first-order valence-electron chi connectivity index (χ1n) is 21.3. The van der Waals surface area contributed by atoms with Gasteiger partial charge < -0.3 is 34.3 Å². The van der Waals surface area contributed by atoms with Crippen LogP contribution in [0.25, 0.3) is 11.1 Å². The van der Waals surface area contributed by atoms with Crippen LogP contribution in [-0.4, -0.2) is 84.5 Å². The topological polar surface area (TPSA) is 132 Å². The molecule has 2 amide bonds. The average molecular weight is 818 g/mol. The molecule has 0 radical (unpaired) electrons. The van der Waals surface area contributed by atoms with Gasteiger partial charge in [-0.15, -0.1) is 0 Å². The lowest BCUT2D eigenvalue weighted by Crippen LogP contribution is -2.51. The maximum atomic E-state index is 12.8. The second-order valence-electron chi connectivity index (χ2n) is 18.7. The van der Waals surface area contributed by atoms with Gasteiger partial charge in [0.1, 0.15) is 17.5 Å². The molecule has 1 fully saturated rings. The number of aromatic hydroxyl groups is 1. The van der Waals surface area contributed by atoms with E-state index in [4.69, 9.17) is 9.16 Å². The first-order valence-corrected chi connectivity index (χ1v) is 24.2. The van der Waals surface area contributed by atoms with Gasteiger partial charge >= 0.3 is 12.2 Å². The summed E-state index contributed by atoms with van der Waals surface area (Å²) in [6.45, 7) is 19.9. The van der Waals surface area contributed by atoms with Crippen LogP contribution in [0.15, 0.2) is 72.8 Å². The van der Waals surface area contributed by atoms with E-state index in [0.29, 0.717) is 17.7 Å². The third kappa shape index (κ3) is 13.3. The van der Waals surface area contributed by atoms with Gasteiger partial charge in [-0.1, -0.05) is 128 Å². The highest BCUT2D eigenvalue weighted by atomic mass is 28.4. The number of anilines is 1. The van der Waals surface area contributed by atoms with Crippen molar-refractivity contribution in [1.29, 1.82) is 0 Å². The number of para-hydroxylation sites is 1. The van der Waals surface area contributed by atoms with Crippen molar-refractivity contribution in [2.24, 2.45) is 5.41 Å². The second-order valence-corrected chi connectivity index (χ2v) is 23.5. The summed E-state index contributed by atoms with van der Waals surface area (Å²) >= 11 is 0. The van der Waals surface area contributed by atoms with Gasteiger partial charge in [0.25, 0.3) is 0 Å². The summed E-state index contributed by atoms with van der Waals surface area (Å²) in [4.78, 5) is 29.0. The number of phenolic OH excluding ortho intramolecular Hbond substituents is 1. The lowest BCUT2D eigenvalue weighted by molar-refractivity contribution is -0.0829. The van der Waals surface area contributed by atoms with Gasteiger partial charge in [-0.2, -0.15) is 0 Å². The number of amides is 2. The molecule has 0 unspecified atom stereocenters. The molecule has 0 aliphatic carbocycles. The normalized spacial score (nSPS) is 15.5. The molecule has 11 heteroatoms. The van der Waals surface area contributed by atoms with Crippen LogP contribution in [0, 0.1) is 5.41 Å². The van der Waals surface area contributed by atoms with E-state index in [9.17, 15) is 24.9 Å². The Morgan fingerprint density at radius 2 is 1.45 bits per heavy atom. The van der Waals surface area contributed by atoms with Gasteiger partial charge in [0.15, 0.2) is 8.32 Å². The number of rotatable bonds is 19. The maximum absolute atomic E-state index is 12.8. The Balaban J connectivity index is 1.14. The number of hydrogen-bond donors (Lipinski definition) is 4. The highest BCUT2D eigenvalue weighted by molar-refractivity contribution is 6.74. The molecule has 4 rings (SSSR count). The fourth-order valence-electron chi connectivity index (χ4n) is 7.24. The molecule has 3 aromatic rings. The Kier molecular flexibility index (Phi) is 16.8. The van der Waals surface area contributed by atoms with E-state index in [1.807, 2.05) is 75.4 Å². The molecule has 3 aromatic carbocycles. The summed E-state index contributed by atoms with van der Waals surface area (Å²) in [7, 11) is -2.09. The zero-order valence-corrected chi connectivity index (χ0v) is 37.5. The van der Waals surface area contributed by atoms with Crippen molar-refractivity contribution >= 4 is 26.2 Å². The van der Waals surface area contributed by atoms with Crippen molar-refractivity contribution in [3.05, 3.63) is 83.9 Å². The monoisotopic (exact) mass is 818 g/mol. The molecule has 1 heterocycles. The van der Waals surface area contributed by atoms with Crippen LogP contribution >= 0.6 is 0 Å². The minimum atomic E-state index is -2.09.